The number of aromatic nitrogens is 2. The van der Waals surface area contributed by atoms with Crippen molar-refractivity contribution >= 4 is 15.9 Å². The highest BCUT2D eigenvalue weighted by atomic mass is 79.9. The van der Waals surface area contributed by atoms with Gasteiger partial charge in [0, 0.05) is 0 Å². The zero-order valence-corrected chi connectivity index (χ0v) is 12.8. The highest BCUT2D eigenvalue weighted by molar-refractivity contribution is 9.10. The van der Waals surface area contributed by atoms with Crippen LogP contribution in [0.4, 0.5) is 0 Å². The normalized spacial score (nSPS) is 14.3. The summed E-state index contributed by atoms with van der Waals surface area (Å²) in [6, 6.07) is 0. The molecule has 1 heterocycles. The average Bonchev–Trinajstić information content (AvgIpc) is 2.94. The first kappa shape index (κ1) is 13.6. The number of phenolic OH excluding ortho intramolecular Hbond substituents is 1. The second kappa shape index (κ2) is 5.18. The molecule has 20 heavy (non-hydrogen) atoms. The molecule has 0 saturated carbocycles. The van der Waals surface area contributed by atoms with Gasteiger partial charge in [-0.05, 0) is 65.2 Å². The highest BCUT2D eigenvalue weighted by Crippen LogP contribution is 2.44. The molecule has 2 aromatic rings. The maximum atomic E-state index is 10.5. The van der Waals surface area contributed by atoms with Crippen LogP contribution < -0.4 is 5.73 Å². The Morgan fingerprint density at radius 1 is 1.30 bits per heavy atom. The van der Waals surface area contributed by atoms with Gasteiger partial charge in [0.2, 0.25) is 11.7 Å². The smallest absolute Gasteiger partial charge is 0.240 e. The van der Waals surface area contributed by atoms with E-state index in [2.05, 4.69) is 26.1 Å². The van der Waals surface area contributed by atoms with E-state index in [1.54, 1.807) is 0 Å². The van der Waals surface area contributed by atoms with Crippen molar-refractivity contribution in [1.82, 2.24) is 10.1 Å². The molecule has 0 atom stereocenters. The maximum absolute atomic E-state index is 10.5. The van der Waals surface area contributed by atoms with Crippen molar-refractivity contribution in [3.63, 3.8) is 0 Å². The summed E-state index contributed by atoms with van der Waals surface area (Å²) in [7, 11) is 0. The van der Waals surface area contributed by atoms with Gasteiger partial charge < -0.3 is 15.4 Å². The van der Waals surface area contributed by atoms with Crippen LogP contribution in [0.5, 0.6) is 5.75 Å². The Kier molecular flexibility index (Phi) is 3.52. The third-order valence-electron chi connectivity index (χ3n) is 3.87. The van der Waals surface area contributed by atoms with Crippen LogP contribution in [0, 0.1) is 6.92 Å². The van der Waals surface area contributed by atoms with Gasteiger partial charge in [0.25, 0.3) is 0 Å². The average molecular weight is 338 g/mol. The minimum absolute atomic E-state index is 0.188. The van der Waals surface area contributed by atoms with Gasteiger partial charge in [0.05, 0.1) is 16.6 Å². The van der Waals surface area contributed by atoms with Crippen molar-refractivity contribution in [2.45, 2.75) is 39.2 Å². The quantitative estimate of drug-likeness (QED) is 0.879. The van der Waals surface area contributed by atoms with E-state index in [1.807, 2.05) is 6.92 Å². The lowest BCUT2D eigenvalue weighted by atomic mass is 9.86. The first-order valence-corrected chi connectivity index (χ1v) is 7.48. The van der Waals surface area contributed by atoms with Crippen LogP contribution in [0.25, 0.3) is 11.4 Å². The van der Waals surface area contributed by atoms with E-state index in [1.165, 1.54) is 17.5 Å². The molecule has 0 amide bonds. The summed E-state index contributed by atoms with van der Waals surface area (Å²) >= 11 is 3.51. The van der Waals surface area contributed by atoms with Crippen LogP contribution >= 0.6 is 15.9 Å². The van der Waals surface area contributed by atoms with Crippen molar-refractivity contribution < 1.29 is 9.63 Å². The first-order chi connectivity index (χ1) is 9.63. The summed E-state index contributed by atoms with van der Waals surface area (Å²) in [5, 5.41) is 14.4. The van der Waals surface area contributed by atoms with Crippen LogP contribution in [0.3, 0.4) is 0 Å². The molecule has 6 heteroatoms. The van der Waals surface area contributed by atoms with Gasteiger partial charge >= 0.3 is 0 Å². The molecule has 0 saturated heterocycles. The topological polar surface area (TPSA) is 85.2 Å². The number of benzene rings is 1. The highest BCUT2D eigenvalue weighted by Gasteiger charge is 2.25. The van der Waals surface area contributed by atoms with Crippen molar-refractivity contribution in [2.75, 3.05) is 0 Å². The van der Waals surface area contributed by atoms with E-state index < -0.39 is 0 Å². The number of fused-ring (bicyclic) bond motifs is 1. The maximum Gasteiger partial charge on any atom is 0.240 e. The Balaban J connectivity index is 2.22. The molecule has 1 aliphatic carbocycles. The monoisotopic (exact) mass is 337 g/mol. The second-order valence-corrected chi connectivity index (χ2v) is 5.84. The predicted octanol–water partition coefficient (Wildman–Crippen LogP) is 2.85. The van der Waals surface area contributed by atoms with Gasteiger partial charge in [-0.1, -0.05) is 5.16 Å². The fraction of sp³-hybridized carbons (Fsp3) is 0.429. The molecule has 0 fully saturated rings. The molecule has 0 radical (unpaired) electrons. The molecule has 5 nitrogen and oxygen atoms in total. The summed E-state index contributed by atoms with van der Waals surface area (Å²) in [6.45, 7) is 2.20. The minimum Gasteiger partial charge on any atom is -0.506 e. The fourth-order valence-electron chi connectivity index (χ4n) is 2.86. The van der Waals surface area contributed by atoms with Crippen molar-refractivity contribution in [3.05, 3.63) is 27.1 Å². The standard InChI is InChI=1S/C14H16BrN3O2/c1-7-8-4-2-3-5-9(8)12(15)13(19)11(7)14-17-10(6-16)20-18-14/h19H,2-6,16H2,1H3. The summed E-state index contributed by atoms with van der Waals surface area (Å²) in [6.07, 6.45) is 4.34. The molecule has 0 aliphatic heterocycles. The van der Waals surface area contributed by atoms with Crippen molar-refractivity contribution in [1.29, 1.82) is 0 Å². The van der Waals surface area contributed by atoms with Crippen molar-refractivity contribution in [3.8, 4) is 17.1 Å². The molecular weight excluding hydrogens is 322 g/mol. The Bertz CT molecular complexity index is 667. The number of phenols is 1. The molecule has 1 aromatic carbocycles. The van der Waals surface area contributed by atoms with Crippen LogP contribution in [0.1, 0.15) is 35.4 Å². The van der Waals surface area contributed by atoms with Crippen LogP contribution in [-0.4, -0.2) is 15.2 Å². The first-order valence-electron chi connectivity index (χ1n) is 6.69. The molecule has 0 spiro atoms. The van der Waals surface area contributed by atoms with E-state index in [4.69, 9.17) is 10.3 Å². The van der Waals surface area contributed by atoms with Gasteiger partial charge in [0.15, 0.2) is 0 Å². The summed E-state index contributed by atoms with van der Waals surface area (Å²) in [5.41, 5.74) is 9.66. The Labute approximate surface area is 125 Å². The minimum atomic E-state index is 0.188. The lowest BCUT2D eigenvalue weighted by Gasteiger charge is -2.22. The van der Waals surface area contributed by atoms with E-state index in [-0.39, 0.29) is 12.3 Å². The molecule has 3 rings (SSSR count). The van der Waals surface area contributed by atoms with Crippen molar-refractivity contribution in [2.24, 2.45) is 5.73 Å². The molecule has 106 valence electrons. The fourth-order valence-corrected chi connectivity index (χ4v) is 3.49. The van der Waals surface area contributed by atoms with Crippen LogP contribution in [-0.2, 0) is 19.4 Å². The van der Waals surface area contributed by atoms with Crippen LogP contribution in [0.15, 0.2) is 9.00 Å². The summed E-state index contributed by atoms with van der Waals surface area (Å²) < 4.78 is 5.81. The van der Waals surface area contributed by atoms with Gasteiger partial charge in [0.1, 0.15) is 5.75 Å². The third kappa shape index (κ3) is 2.03. The number of nitrogens with two attached hydrogens (primary N) is 1. The second-order valence-electron chi connectivity index (χ2n) is 5.04. The number of hydrogen-bond donors (Lipinski definition) is 2. The zero-order chi connectivity index (χ0) is 14.3. The van der Waals surface area contributed by atoms with E-state index >= 15 is 0 Å². The molecule has 3 N–H and O–H groups in total. The van der Waals surface area contributed by atoms with E-state index in [9.17, 15) is 5.11 Å². The molecule has 0 unspecified atom stereocenters. The largest absolute Gasteiger partial charge is 0.506 e. The van der Waals surface area contributed by atoms with Gasteiger partial charge in [-0.15, -0.1) is 0 Å². The number of rotatable bonds is 2. The lowest BCUT2D eigenvalue weighted by molar-refractivity contribution is 0.380. The predicted molar refractivity (Wildman–Crippen MR) is 78.4 cm³/mol. The zero-order valence-electron chi connectivity index (χ0n) is 11.2. The van der Waals surface area contributed by atoms with E-state index in [0.29, 0.717) is 17.3 Å². The summed E-state index contributed by atoms with van der Waals surface area (Å²) in [4.78, 5) is 4.23. The summed E-state index contributed by atoms with van der Waals surface area (Å²) in [5.74, 6) is 0.953. The molecular formula is C14H16BrN3O2. The van der Waals surface area contributed by atoms with Gasteiger partial charge in [-0.2, -0.15) is 4.98 Å². The number of hydrogen-bond acceptors (Lipinski definition) is 5. The van der Waals surface area contributed by atoms with E-state index in [0.717, 1.165) is 29.3 Å². The number of nitrogens with zero attached hydrogens (tertiary/aromatic N) is 2. The Morgan fingerprint density at radius 3 is 2.65 bits per heavy atom. The lowest BCUT2D eigenvalue weighted by Crippen LogP contribution is -2.08. The molecule has 1 aromatic heterocycles. The molecule has 0 bridgehead atoms. The Hall–Kier alpha value is -1.40. The third-order valence-corrected chi connectivity index (χ3v) is 4.73. The van der Waals surface area contributed by atoms with Crippen LogP contribution in [0.2, 0.25) is 0 Å². The SMILES string of the molecule is Cc1c2c(c(Br)c(O)c1-c1noc(CN)n1)CCCC2. The number of halogens is 1. The number of aromatic hydroxyl groups is 1. The Morgan fingerprint density at radius 2 is 2.00 bits per heavy atom. The molecule has 1 aliphatic rings. The van der Waals surface area contributed by atoms with Gasteiger partial charge in [-0.3, -0.25) is 0 Å². The van der Waals surface area contributed by atoms with Gasteiger partial charge in [-0.25, -0.2) is 0 Å².